The highest BCUT2D eigenvalue weighted by Crippen LogP contribution is 2.22. The number of rotatable bonds is 4. The van der Waals surface area contributed by atoms with Crippen LogP contribution in [0, 0.1) is 0 Å². The van der Waals surface area contributed by atoms with Gasteiger partial charge in [0.25, 0.3) is 5.91 Å². The Kier molecular flexibility index (Phi) is 4.87. The summed E-state index contributed by atoms with van der Waals surface area (Å²) in [5.74, 6) is -0.208. The second-order valence-electron chi connectivity index (χ2n) is 6.89. The lowest BCUT2D eigenvalue weighted by molar-refractivity contribution is -0.111. The Morgan fingerprint density at radius 2 is 1.45 bits per heavy atom. The molecule has 0 aliphatic carbocycles. The van der Waals surface area contributed by atoms with Gasteiger partial charge in [-0.1, -0.05) is 60.7 Å². The Bertz CT molecular complexity index is 1270. The van der Waals surface area contributed by atoms with Gasteiger partial charge in [0, 0.05) is 25.4 Å². The number of carbonyl (C=O) groups excluding carboxylic acids is 1. The lowest BCUT2D eigenvalue weighted by atomic mass is 10.0. The van der Waals surface area contributed by atoms with Crippen LogP contribution >= 0.6 is 0 Å². The van der Waals surface area contributed by atoms with E-state index in [0.717, 1.165) is 22.2 Å². The number of anilines is 1. The highest BCUT2D eigenvalue weighted by molar-refractivity contribution is 6.29. The Morgan fingerprint density at radius 1 is 0.828 bits per heavy atom. The topological polar surface area (TPSA) is 56.0 Å². The Labute approximate surface area is 168 Å². The Hall–Kier alpha value is -3.86. The number of fused-ring (bicyclic) bond motifs is 1. The van der Waals surface area contributed by atoms with Crippen LogP contribution in [0.4, 0.5) is 5.69 Å². The number of hydrogen-bond donors (Lipinski definition) is 1. The van der Waals surface area contributed by atoms with Crippen molar-refractivity contribution in [1.29, 1.82) is 0 Å². The van der Waals surface area contributed by atoms with Gasteiger partial charge >= 0.3 is 5.69 Å². The highest BCUT2D eigenvalue weighted by atomic mass is 16.2. The molecule has 0 atom stereocenters. The Balaban J connectivity index is 1.72. The summed E-state index contributed by atoms with van der Waals surface area (Å²) in [7, 11) is 3.46. The maximum Gasteiger partial charge on any atom is 0.328 e. The number of hydrogen-bond acceptors (Lipinski definition) is 2. The van der Waals surface area contributed by atoms with E-state index in [0.29, 0.717) is 11.3 Å². The molecule has 0 radical (unpaired) electrons. The molecule has 144 valence electrons. The molecular formula is C24H21N3O2. The van der Waals surface area contributed by atoms with Crippen molar-refractivity contribution in [1.82, 2.24) is 9.13 Å². The third-order valence-corrected chi connectivity index (χ3v) is 4.97. The highest BCUT2D eigenvalue weighted by Gasteiger charge is 2.14. The van der Waals surface area contributed by atoms with Gasteiger partial charge < -0.3 is 5.32 Å². The molecule has 1 amide bonds. The first kappa shape index (κ1) is 18.5. The van der Waals surface area contributed by atoms with E-state index in [2.05, 4.69) is 5.32 Å². The zero-order valence-corrected chi connectivity index (χ0v) is 16.3. The van der Waals surface area contributed by atoms with E-state index < -0.39 is 0 Å². The molecule has 0 bridgehead atoms. The molecule has 5 heteroatoms. The van der Waals surface area contributed by atoms with Gasteiger partial charge in [0.1, 0.15) is 0 Å². The van der Waals surface area contributed by atoms with Crippen molar-refractivity contribution in [3.05, 3.63) is 100 Å². The fourth-order valence-electron chi connectivity index (χ4n) is 3.40. The third-order valence-electron chi connectivity index (χ3n) is 4.97. The fraction of sp³-hybridized carbons (Fsp3) is 0.0833. The fourth-order valence-corrected chi connectivity index (χ4v) is 3.40. The summed E-state index contributed by atoms with van der Waals surface area (Å²) in [5.41, 5.74) is 4.47. The first-order chi connectivity index (χ1) is 14.0. The quantitative estimate of drug-likeness (QED) is 0.427. The monoisotopic (exact) mass is 383 g/mol. The van der Waals surface area contributed by atoms with E-state index in [-0.39, 0.29) is 11.6 Å². The van der Waals surface area contributed by atoms with Crippen molar-refractivity contribution in [2.75, 3.05) is 5.32 Å². The zero-order chi connectivity index (χ0) is 20.4. The first-order valence-corrected chi connectivity index (χ1v) is 9.33. The number of aromatic nitrogens is 2. The van der Waals surface area contributed by atoms with Gasteiger partial charge in [-0.3, -0.25) is 13.9 Å². The number of nitrogens with zero attached hydrogens (tertiary/aromatic N) is 2. The van der Waals surface area contributed by atoms with Gasteiger partial charge in [0.15, 0.2) is 0 Å². The molecule has 29 heavy (non-hydrogen) atoms. The zero-order valence-electron chi connectivity index (χ0n) is 16.3. The standard InChI is InChI=1S/C24H21N3O2/c1-26-21-14-13-19(16-22(21)27(2)24(26)29)25-23(28)20(18-11-7-4-8-12-18)15-17-9-5-3-6-10-17/h3-16H,1-2H3,(H,25,28)/b20-15+. The van der Waals surface area contributed by atoms with Crippen molar-refractivity contribution in [2.45, 2.75) is 0 Å². The van der Waals surface area contributed by atoms with Gasteiger partial charge in [-0.15, -0.1) is 0 Å². The van der Waals surface area contributed by atoms with Crippen LogP contribution in [-0.2, 0) is 18.9 Å². The number of nitrogens with one attached hydrogen (secondary N) is 1. The van der Waals surface area contributed by atoms with Gasteiger partial charge in [0.2, 0.25) is 0 Å². The molecule has 0 saturated carbocycles. The SMILES string of the molecule is Cn1c(=O)n(C)c2cc(NC(=O)/C(=C/c3ccccc3)c3ccccc3)ccc21. The molecule has 0 fully saturated rings. The van der Waals surface area contributed by atoms with Crippen molar-refractivity contribution < 1.29 is 4.79 Å². The summed E-state index contributed by atoms with van der Waals surface area (Å²) in [6.45, 7) is 0. The summed E-state index contributed by atoms with van der Waals surface area (Å²) < 4.78 is 3.16. The second-order valence-corrected chi connectivity index (χ2v) is 6.89. The molecule has 0 unspecified atom stereocenters. The predicted molar refractivity (Wildman–Crippen MR) is 118 cm³/mol. The largest absolute Gasteiger partial charge is 0.328 e. The summed E-state index contributed by atoms with van der Waals surface area (Å²) >= 11 is 0. The molecule has 5 nitrogen and oxygen atoms in total. The van der Waals surface area contributed by atoms with Crippen molar-refractivity contribution in [3.63, 3.8) is 0 Å². The van der Waals surface area contributed by atoms with Gasteiger partial charge in [-0.05, 0) is 35.4 Å². The predicted octanol–water partition coefficient (Wildman–Crippen LogP) is 4.06. The second kappa shape index (κ2) is 7.64. The summed E-state index contributed by atoms with van der Waals surface area (Å²) in [4.78, 5) is 25.3. The number of imidazole rings is 1. The summed E-state index contributed by atoms with van der Waals surface area (Å²) in [6, 6.07) is 24.8. The lowest BCUT2D eigenvalue weighted by Crippen LogP contribution is -2.19. The van der Waals surface area contributed by atoms with Crippen LogP contribution in [0.15, 0.2) is 83.7 Å². The molecule has 0 spiro atoms. The molecule has 1 N–H and O–H groups in total. The number of carbonyl (C=O) groups is 1. The van der Waals surface area contributed by atoms with Crippen LogP contribution in [0.3, 0.4) is 0 Å². The molecule has 0 saturated heterocycles. The van der Waals surface area contributed by atoms with Crippen LogP contribution in [0.5, 0.6) is 0 Å². The van der Waals surface area contributed by atoms with Gasteiger partial charge in [0.05, 0.1) is 11.0 Å². The van der Waals surface area contributed by atoms with Crippen molar-refractivity contribution in [3.8, 4) is 0 Å². The molecule has 1 heterocycles. The summed E-state index contributed by atoms with van der Waals surface area (Å²) in [5, 5.41) is 2.98. The van der Waals surface area contributed by atoms with E-state index in [1.54, 1.807) is 23.2 Å². The molecule has 4 aromatic rings. The van der Waals surface area contributed by atoms with Crippen molar-refractivity contribution >= 4 is 34.3 Å². The van der Waals surface area contributed by atoms with Crippen LogP contribution < -0.4 is 11.0 Å². The number of amides is 1. The molecule has 0 aliphatic rings. The smallest absolute Gasteiger partial charge is 0.322 e. The molecule has 1 aromatic heterocycles. The number of benzene rings is 3. The van der Waals surface area contributed by atoms with E-state index in [1.165, 1.54) is 0 Å². The third kappa shape index (κ3) is 3.62. The summed E-state index contributed by atoms with van der Waals surface area (Å²) in [6.07, 6.45) is 1.88. The van der Waals surface area contributed by atoms with E-state index >= 15 is 0 Å². The Morgan fingerprint density at radius 3 is 2.14 bits per heavy atom. The molecule has 3 aromatic carbocycles. The minimum absolute atomic E-state index is 0.0996. The molecular weight excluding hydrogens is 362 g/mol. The average Bonchev–Trinajstić information content (AvgIpc) is 2.97. The van der Waals surface area contributed by atoms with E-state index in [1.807, 2.05) is 84.9 Å². The number of aryl methyl sites for hydroxylation is 2. The van der Waals surface area contributed by atoms with Crippen LogP contribution in [0.25, 0.3) is 22.7 Å². The first-order valence-electron chi connectivity index (χ1n) is 9.33. The van der Waals surface area contributed by atoms with Crippen LogP contribution in [0.2, 0.25) is 0 Å². The molecule has 0 aliphatic heterocycles. The maximum atomic E-state index is 13.2. The maximum absolute atomic E-state index is 13.2. The van der Waals surface area contributed by atoms with Gasteiger partial charge in [-0.25, -0.2) is 4.79 Å². The van der Waals surface area contributed by atoms with E-state index in [4.69, 9.17) is 0 Å². The van der Waals surface area contributed by atoms with Crippen molar-refractivity contribution in [2.24, 2.45) is 14.1 Å². The van der Waals surface area contributed by atoms with Gasteiger partial charge in [-0.2, -0.15) is 0 Å². The minimum atomic E-state index is -0.208. The average molecular weight is 383 g/mol. The van der Waals surface area contributed by atoms with Crippen LogP contribution in [-0.4, -0.2) is 15.0 Å². The van der Waals surface area contributed by atoms with E-state index in [9.17, 15) is 9.59 Å². The van der Waals surface area contributed by atoms with Crippen LogP contribution in [0.1, 0.15) is 11.1 Å². The molecule has 4 rings (SSSR count). The minimum Gasteiger partial charge on any atom is -0.322 e. The lowest BCUT2D eigenvalue weighted by Gasteiger charge is -2.10. The normalized spacial score (nSPS) is 11.6.